The predicted octanol–water partition coefficient (Wildman–Crippen LogP) is 4.19. The second-order valence-corrected chi connectivity index (χ2v) is 10.4. The largest absolute Gasteiger partial charge is 0.550 e. The number of amides is 1. The molecular weight excluding hydrogens is 396 g/mol. The molecule has 2 saturated carbocycles. The lowest BCUT2D eigenvalue weighted by atomic mass is 9.79. The Bertz CT molecular complexity index is 840. The minimum Gasteiger partial charge on any atom is -0.550 e. The third-order valence-corrected chi connectivity index (χ3v) is 8.72. The van der Waals surface area contributed by atoms with Gasteiger partial charge in [-0.15, -0.1) is 11.3 Å². The summed E-state index contributed by atoms with van der Waals surface area (Å²) in [5, 5.41) is 25.2. The SMILES string of the molecule is N#Cc1c(NC(=O)[C@H]2[C@@H]3CC[C@@H](C3)[C@@H]2C(=O)[O-])sc2c1CCCCCCCCCC2. The molecular formula is C24H31N2O3S-. The van der Waals surface area contributed by atoms with Crippen LogP contribution in [0.1, 0.15) is 86.6 Å². The maximum atomic E-state index is 13.1. The summed E-state index contributed by atoms with van der Waals surface area (Å²) in [6.45, 7) is 0. The predicted molar refractivity (Wildman–Crippen MR) is 115 cm³/mol. The van der Waals surface area contributed by atoms with Crippen LogP contribution in [-0.4, -0.2) is 11.9 Å². The quantitative estimate of drug-likeness (QED) is 0.783. The summed E-state index contributed by atoms with van der Waals surface area (Å²) < 4.78 is 0. The number of carbonyl (C=O) groups is 2. The zero-order valence-electron chi connectivity index (χ0n) is 17.6. The van der Waals surface area contributed by atoms with Crippen LogP contribution in [-0.2, 0) is 22.4 Å². The van der Waals surface area contributed by atoms with Gasteiger partial charge in [0.05, 0.1) is 5.56 Å². The third-order valence-electron chi connectivity index (χ3n) is 7.51. The van der Waals surface area contributed by atoms with Crippen molar-refractivity contribution in [2.24, 2.45) is 23.7 Å². The number of aryl methyl sites for hydroxylation is 1. The number of hydrogen-bond donors (Lipinski definition) is 1. The average molecular weight is 428 g/mol. The monoisotopic (exact) mass is 427 g/mol. The van der Waals surface area contributed by atoms with Crippen LogP contribution in [0.15, 0.2) is 0 Å². The van der Waals surface area contributed by atoms with Gasteiger partial charge in [0.15, 0.2) is 0 Å². The van der Waals surface area contributed by atoms with Crippen molar-refractivity contribution in [3.8, 4) is 6.07 Å². The molecule has 4 atom stereocenters. The molecule has 1 aromatic rings. The van der Waals surface area contributed by atoms with Crippen molar-refractivity contribution in [2.75, 3.05) is 5.32 Å². The molecule has 0 radical (unpaired) electrons. The minimum absolute atomic E-state index is 0.0649. The molecule has 0 aliphatic heterocycles. The van der Waals surface area contributed by atoms with E-state index < -0.39 is 17.8 Å². The maximum absolute atomic E-state index is 13.1. The molecule has 0 saturated heterocycles. The van der Waals surface area contributed by atoms with Gasteiger partial charge in [0, 0.05) is 22.7 Å². The Morgan fingerprint density at radius 3 is 2.17 bits per heavy atom. The van der Waals surface area contributed by atoms with E-state index in [4.69, 9.17) is 0 Å². The maximum Gasteiger partial charge on any atom is 0.229 e. The van der Waals surface area contributed by atoms with E-state index in [0.29, 0.717) is 10.6 Å². The van der Waals surface area contributed by atoms with Gasteiger partial charge in [-0.2, -0.15) is 5.26 Å². The first kappa shape index (κ1) is 21.4. The normalized spacial score (nSPS) is 29.3. The molecule has 5 nitrogen and oxygen atoms in total. The van der Waals surface area contributed by atoms with Gasteiger partial charge in [-0.05, 0) is 62.3 Å². The second kappa shape index (κ2) is 9.51. The van der Waals surface area contributed by atoms with Crippen LogP contribution in [0.25, 0.3) is 0 Å². The highest BCUT2D eigenvalue weighted by atomic mass is 32.1. The molecule has 1 heterocycles. The molecule has 1 aromatic heterocycles. The van der Waals surface area contributed by atoms with E-state index in [1.807, 2.05) is 0 Å². The molecule has 0 aromatic carbocycles. The van der Waals surface area contributed by atoms with Crippen LogP contribution in [0.4, 0.5) is 5.00 Å². The zero-order valence-corrected chi connectivity index (χ0v) is 18.4. The lowest BCUT2D eigenvalue weighted by Crippen LogP contribution is -2.43. The van der Waals surface area contributed by atoms with Crippen LogP contribution in [0.5, 0.6) is 0 Å². The summed E-state index contributed by atoms with van der Waals surface area (Å²) in [4.78, 5) is 26.1. The summed E-state index contributed by atoms with van der Waals surface area (Å²) in [5.74, 6) is -2.34. The van der Waals surface area contributed by atoms with E-state index in [0.717, 1.165) is 50.5 Å². The molecule has 30 heavy (non-hydrogen) atoms. The van der Waals surface area contributed by atoms with Gasteiger partial charge in [0.25, 0.3) is 0 Å². The first-order valence-electron chi connectivity index (χ1n) is 11.7. The van der Waals surface area contributed by atoms with Gasteiger partial charge < -0.3 is 15.2 Å². The summed E-state index contributed by atoms with van der Waals surface area (Å²) in [6, 6.07) is 2.35. The number of hydrogen-bond acceptors (Lipinski definition) is 5. The Kier molecular flexibility index (Phi) is 6.77. The molecule has 2 bridgehead atoms. The number of aliphatic carboxylic acids is 1. The number of anilines is 1. The van der Waals surface area contributed by atoms with Gasteiger partial charge >= 0.3 is 0 Å². The van der Waals surface area contributed by atoms with Crippen molar-refractivity contribution in [2.45, 2.75) is 83.5 Å². The van der Waals surface area contributed by atoms with E-state index >= 15 is 0 Å². The van der Waals surface area contributed by atoms with Crippen LogP contribution >= 0.6 is 11.3 Å². The number of carboxylic acids is 1. The Morgan fingerprint density at radius 2 is 1.53 bits per heavy atom. The van der Waals surface area contributed by atoms with E-state index in [-0.39, 0.29) is 17.7 Å². The van der Waals surface area contributed by atoms with Crippen molar-refractivity contribution in [1.29, 1.82) is 5.26 Å². The van der Waals surface area contributed by atoms with Crippen LogP contribution in [0, 0.1) is 35.0 Å². The first-order chi connectivity index (χ1) is 14.6. The third kappa shape index (κ3) is 4.27. The number of rotatable bonds is 3. The van der Waals surface area contributed by atoms with Crippen molar-refractivity contribution in [3.63, 3.8) is 0 Å². The van der Waals surface area contributed by atoms with Crippen molar-refractivity contribution in [1.82, 2.24) is 0 Å². The van der Waals surface area contributed by atoms with Crippen molar-refractivity contribution < 1.29 is 14.7 Å². The number of nitrogens with one attached hydrogen (secondary N) is 1. The highest BCUT2D eigenvalue weighted by Crippen LogP contribution is 2.52. The number of nitriles is 1. The number of fused-ring (bicyclic) bond motifs is 3. The van der Waals surface area contributed by atoms with E-state index in [9.17, 15) is 20.0 Å². The average Bonchev–Trinajstić information content (AvgIpc) is 3.41. The molecule has 2 fully saturated rings. The molecule has 6 heteroatoms. The lowest BCUT2D eigenvalue weighted by molar-refractivity contribution is -0.314. The standard InChI is InChI=1S/C24H32N2O3S/c25-14-18-17-9-7-5-3-1-2-4-6-8-10-19(17)30-23(18)26-22(27)20-15-11-12-16(13-15)21(20)24(28)29/h15-16,20-21H,1-13H2,(H,26,27)(H,28,29)/p-1/t15-,16+,20+,21+/m1/s1. The Labute approximate surface area is 182 Å². The summed E-state index contributed by atoms with van der Waals surface area (Å²) in [6.07, 6.45) is 14.2. The molecule has 3 aliphatic carbocycles. The number of thiophene rings is 1. The Balaban J connectivity index is 1.55. The van der Waals surface area contributed by atoms with Crippen molar-refractivity contribution in [3.05, 3.63) is 16.0 Å². The molecule has 162 valence electrons. The molecule has 3 aliphatic rings. The first-order valence-corrected chi connectivity index (χ1v) is 12.5. The van der Waals surface area contributed by atoms with Gasteiger partial charge in [-0.3, -0.25) is 4.79 Å². The minimum atomic E-state index is -1.10. The highest BCUT2D eigenvalue weighted by molar-refractivity contribution is 7.16. The van der Waals surface area contributed by atoms with E-state index in [1.165, 1.54) is 54.7 Å². The molecule has 4 rings (SSSR count). The van der Waals surface area contributed by atoms with Crippen LogP contribution < -0.4 is 10.4 Å². The van der Waals surface area contributed by atoms with Gasteiger partial charge in [0.1, 0.15) is 11.1 Å². The van der Waals surface area contributed by atoms with Gasteiger partial charge in [-0.25, -0.2) is 0 Å². The highest BCUT2D eigenvalue weighted by Gasteiger charge is 2.51. The molecule has 1 amide bonds. The molecule has 0 unspecified atom stereocenters. The summed E-state index contributed by atoms with van der Waals surface area (Å²) >= 11 is 1.54. The fourth-order valence-electron chi connectivity index (χ4n) is 6.04. The molecule has 0 spiro atoms. The topological polar surface area (TPSA) is 93.0 Å². The van der Waals surface area contributed by atoms with E-state index in [2.05, 4.69) is 11.4 Å². The van der Waals surface area contributed by atoms with Crippen LogP contribution in [0.3, 0.4) is 0 Å². The number of nitrogens with zero attached hydrogens (tertiary/aromatic N) is 1. The smallest absolute Gasteiger partial charge is 0.229 e. The Morgan fingerprint density at radius 1 is 0.933 bits per heavy atom. The fourth-order valence-corrected chi connectivity index (χ4v) is 7.28. The second-order valence-electron chi connectivity index (χ2n) is 9.34. The summed E-state index contributed by atoms with van der Waals surface area (Å²) in [7, 11) is 0. The van der Waals surface area contributed by atoms with Gasteiger partial charge in [-0.1, -0.05) is 38.5 Å². The number of carboxylic acid groups (broad SMARTS) is 1. The molecule has 1 N–H and O–H groups in total. The number of carbonyl (C=O) groups excluding carboxylic acids is 2. The van der Waals surface area contributed by atoms with E-state index in [1.54, 1.807) is 0 Å². The van der Waals surface area contributed by atoms with Crippen LogP contribution in [0.2, 0.25) is 0 Å². The zero-order chi connectivity index (χ0) is 21.1. The fraction of sp³-hybridized carbons (Fsp3) is 0.708. The van der Waals surface area contributed by atoms with Crippen molar-refractivity contribution >= 4 is 28.2 Å². The summed E-state index contributed by atoms with van der Waals surface area (Å²) in [5.41, 5.74) is 1.72. The van der Waals surface area contributed by atoms with Gasteiger partial charge in [0.2, 0.25) is 5.91 Å². The lowest BCUT2D eigenvalue weighted by Gasteiger charge is -2.30. The Hall–Kier alpha value is -1.87.